The quantitative estimate of drug-likeness (QED) is 0.624. The number of nitrogens with one attached hydrogen (secondary N) is 2. The number of carbonyl (C=O) groups is 1. The summed E-state index contributed by atoms with van der Waals surface area (Å²) in [5.74, 6) is -5.41. The lowest BCUT2D eigenvalue weighted by atomic mass is 10.1. The number of hydrogen-bond donors (Lipinski definition) is 2. The summed E-state index contributed by atoms with van der Waals surface area (Å²) < 4.78 is 41.7. The molecule has 2 rings (SSSR count). The van der Waals surface area contributed by atoms with E-state index in [0.717, 1.165) is 5.56 Å². The van der Waals surface area contributed by atoms with E-state index in [4.69, 9.17) is 4.84 Å². The van der Waals surface area contributed by atoms with Crippen LogP contribution >= 0.6 is 0 Å². The molecule has 1 amide bonds. The molecule has 0 fully saturated rings. The molecular weight excluding hydrogens is 347 g/mol. The highest BCUT2D eigenvalue weighted by molar-refractivity contribution is 6.00. The number of carbonyl (C=O) groups excluding carboxylic acids is 1. The van der Waals surface area contributed by atoms with E-state index in [1.54, 1.807) is 33.8 Å². The van der Waals surface area contributed by atoms with Crippen LogP contribution in [0.25, 0.3) is 0 Å². The van der Waals surface area contributed by atoms with Gasteiger partial charge >= 0.3 is 0 Å². The molecule has 26 heavy (non-hydrogen) atoms. The highest BCUT2D eigenvalue weighted by Crippen LogP contribution is 2.29. The zero-order chi connectivity index (χ0) is 19.6. The number of rotatable bonds is 4. The van der Waals surface area contributed by atoms with E-state index >= 15 is 0 Å². The van der Waals surface area contributed by atoms with Crippen molar-refractivity contribution in [3.05, 3.63) is 52.5 Å². The maximum Gasteiger partial charge on any atom is 0.277 e. The topological polar surface area (TPSA) is 63.2 Å². The number of pyridine rings is 1. The fourth-order valence-electron chi connectivity index (χ4n) is 2.12. The Labute approximate surface area is 149 Å². The largest absolute Gasteiger partial charge is 0.337 e. The summed E-state index contributed by atoms with van der Waals surface area (Å²) in [6, 6.07) is 2.38. The van der Waals surface area contributed by atoms with E-state index in [9.17, 15) is 18.0 Å². The molecular formula is C18H20F3N3O2. The number of anilines is 2. The van der Waals surface area contributed by atoms with Crippen molar-refractivity contribution in [1.82, 2.24) is 10.5 Å². The van der Waals surface area contributed by atoms with Gasteiger partial charge in [-0.15, -0.1) is 0 Å². The van der Waals surface area contributed by atoms with Crippen LogP contribution in [0, 0.1) is 31.3 Å². The minimum Gasteiger partial charge on any atom is -0.337 e. The number of hydrogen-bond acceptors (Lipinski definition) is 4. The minimum atomic E-state index is -1.69. The van der Waals surface area contributed by atoms with Crippen molar-refractivity contribution in [2.75, 3.05) is 5.32 Å². The summed E-state index contributed by atoms with van der Waals surface area (Å²) in [5, 5.41) is 2.57. The van der Waals surface area contributed by atoms with Crippen LogP contribution in [0.2, 0.25) is 0 Å². The molecule has 140 valence electrons. The van der Waals surface area contributed by atoms with Gasteiger partial charge in [0.25, 0.3) is 5.91 Å². The second-order valence-corrected chi connectivity index (χ2v) is 6.86. The van der Waals surface area contributed by atoms with Crippen LogP contribution in [0.1, 0.15) is 42.3 Å². The zero-order valence-corrected chi connectivity index (χ0v) is 15.1. The van der Waals surface area contributed by atoms with Crippen molar-refractivity contribution >= 4 is 17.4 Å². The number of aryl methyl sites for hydroxylation is 2. The monoisotopic (exact) mass is 367 g/mol. The predicted octanol–water partition coefficient (Wildman–Crippen LogP) is 4.32. The first-order chi connectivity index (χ1) is 12.0. The second kappa shape index (κ2) is 7.33. The molecule has 0 aliphatic carbocycles. The summed E-state index contributed by atoms with van der Waals surface area (Å²) in [6.07, 6.45) is 1.52. The van der Waals surface area contributed by atoms with E-state index in [1.165, 1.54) is 6.20 Å². The molecule has 0 aliphatic rings. The number of amides is 1. The predicted molar refractivity (Wildman–Crippen MR) is 91.6 cm³/mol. The first kappa shape index (κ1) is 19.7. The first-order valence-electron chi connectivity index (χ1n) is 7.85. The highest BCUT2D eigenvalue weighted by atomic mass is 19.2. The third-order valence-corrected chi connectivity index (χ3v) is 3.32. The molecule has 0 radical (unpaired) electrons. The van der Waals surface area contributed by atoms with E-state index in [0.29, 0.717) is 11.6 Å². The van der Waals surface area contributed by atoms with Gasteiger partial charge in [0.2, 0.25) is 0 Å². The fourth-order valence-corrected chi connectivity index (χ4v) is 2.12. The zero-order valence-electron chi connectivity index (χ0n) is 15.1. The highest BCUT2D eigenvalue weighted by Gasteiger charge is 2.25. The van der Waals surface area contributed by atoms with Crippen molar-refractivity contribution in [3.8, 4) is 0 Å². The third kappa shape index (κ3) is 4.51. The van der Waals surface area contributed by atoms with Gasteiger partial charge in [0.05, 0.1) is 16.9 Å². The molecule has 0 atom stereocenters. The third-order valence-electron chi connectivity index (χ3n) is 3.32. The lowest BCUT2D eigenvalue weighted by Gasteiger charge is -2.20. The van der Waals surface area contributed by atoms with Crippen LogP contribution in [-0.2, 0) is 4.84 Å². The lowest BCUT2D eigenvalue weighted by molar-refractivity contribution is -0.0589. The summed E-state index contributed by atoms with van der Waals surface area (Å²) >= 11 is 0. The molecule has 1 aromatic heterocycles. The molecule has 0 saturated carbocycles. The molecule has 0 spiro atoms. The standard InChI is InChI=1S/C18H20F3N3O2/c1-9-6-10(2)16(22-8-9)23-15-11(7-12(19)13(20)14(15)21)17(25)24-26-18(3,4)5/h6-8H,1-5H3,(H,22,23)(H,24,25). The van der Waals surface area contributed by atoms with Crippen LogP contribution in [0.15, 0.2) is 18.3 Å². The molecule has 2 N–H and O–H groups in total. The Kier molecular flexibility index (Phi) is 5.56. The van der Waals surface area contributed by atoms with E-state index in [2.05, 4.69) is 15.8 Å². The SMILES string of the molecule is Cc1cnc(Nc2c(C(=O)NOC(C)(C)C)cc(F)c(F)c2F)c(C)c1. The number of benzene rings is 1. The minimum absolute atomic E-state index is 0.214. The molecule has 1 aromatic carbocycles. The van der Waals surface area contributed by atoms with Crippen LogP contribution in [-0.4, -0.2) is 16.5 Å². The van der Waals surface area contributed by atoms with E-state index in [-0.39, 0.29) is 5.82 Å². The average Bonchev–Trinajstić information content (AvgIpc) is 2.54. The van der Waals surface area contributed by atoms with E-state index in [1.807, 2.05) is 6.92 Å². The van der Waals surface area contributed by atoms with Crippen LogP contribution < -0.4 is 10.8 Å². The van der Waals surface area contributed by atoms with Gasteiger partial charge in [-0.1, -0.05) is 6.07 Å². The molecule has 8 heteroatoms. The van der Waals surface area contributed by atoms with Gasteiger partial charge in [0.1, 0.15) is 5.82 Å². The molecule has 0 unspecified atom stereocenters. The summed E-state index contributed by atoms with van der Waals surface area (Å²) in [6.45, 7) is 8.57. The normalized spacial score (nSPS) is 11.4. The molecule has 0 saturated heterocycles. The maximum absolute atomic E-state index is 14.3. The molecule has 5 nitrogen and oxygen atoms in total. The first-order valence-corrected chi connectivity index (χ1v) is 7.85. The molecule has 0 bridgehead atoms. The van der Waals surface area contributed by atoms with Gasteiger partial charge in [-0.2, -0.15) is 0 Å². The van der Waals surface area contributed by atoms with Gasteiger partial charge < -0.3 is 5.32 Å². The Balaban J connectivity index is 2.46. The van der Waals surface area contributed by atoms with Crippen LogP contribution in [0.5, 0.6) is 0 Å². The fraction of sp³-hybridized carbons (Fsp3) is 0.333. The molecule has 0 aliphatic heterocycles. The van der Waals surface area contributed by atoms with Gasteiger partial charge in [-0.05, 0) is 51.8 Å². The summed E-state index contributed by atoms with van der Waals surface area (Å²) in [7, 11) is 0. The number of aromatic nitrogens is 1. The van der Waals surface area contributed by atoms with Gasteiger partial charge in [-0.25, -0.2) is 23.6 Å². The Morgan fingerprint density at radius 1 is 1.12 bits per heavy atom. The number of hydroxylamine groups is 1. The van der Waals surface area contributed by atoms with E-state index < -0.39 is 40.2 Å². The van der Waals surface area contributed by atoms with Crippen molar-refractivity contribution < 1.29 is 22.8 Å². The number of halogens is 3. The van der Waals surface area contributed by atoms with Gasteiger partial charge in [0.15, 0.2) is 17.5 Å². The van der Waals surface area contributed by atoms with Crippen molar-refractivity contribution in [1.29, 1.82) is 0 Å². The summed E-state index contributed by atoms with van der Waals surface area (Å²) in [5.41, 5.74) is 1.92. The smallest absolute Gasteiger partial charge is 0.277 e. The van der Waals surface area contributed by atoms with Gasteiger partial charge in [0, 0.05) is 6.20 Å². The average molecular weight is 367 g/mol. The Bertz CT molecular complexity index is 849. The Hall–Kier alpha value is -2.61. The Morgan fingerprint density at radius 2 is 1.77 bits per heavy atom. The molecule has 1 heterocycles. The van der Waals surface area contributed by atoms with Crippen LogP contribution in [0.3, 0.4) is 0 Å². The van der Waals surface area contributed by atoms with Crippen molar-refractivity contribution in [2.24, 2.45) is 0 Å². The Morgan fingerprint density at radius 3 is 2.35 bits per heavy atom. The van der Waals surface area contributed by atoms with Crippen molar-refractivity contribution in [2.45, 2.75) is 40.2 Å². The number of nitrogens with zero attached hydrogens (tertiary/aromatic N) is 1. The lowest BCUT2D eigenvalue weighted by Crippen LogP contribution is -2.34. The second-order valence-electron chi connectivity index (χ2n) is 6.86. The van der Waals surface area contributed by atoms with Gasteiger partial charge in [-0.3, -0.25) is 9.63 Å². The van der Waals surface area contributed by atoms with Crippen LogP contribution in [0.4, 0.5) is 24.7 Å². The summed E-state index contributed by atoms with van der Waals surface area (Å²) in [4.78, 5) is 21.5. The van der Waals surface area contributed by atoms with Crippen molar-refractivity contribution in [3.63, 3.8) is 0 Å². The maximum atomic E-state index is 14.3. The molecule has 2 aromatic rings.